The molecule has 3 unspecified atom stereocenters. The molecular formula is C13H20N2O. The number of hydrogen-bond donors (Lipinski definition) is 0. The monoisotopic (exact) mass is 220 g/mol. The Hall–Kier alpha value is -1.04. The minimum Gasteiger partial charge on any atom is -0.341 e. The van der Waals surface area contributed by atoms with Gasteiger partial charge in [-0.3, -0.25) is 4.79 Å². The smallest absolute Gasteiger partial charge is 0.225 e. The van der Waals surface area contributed by atoms with E-state index in [4.69, 9.17) is 5.26 Å². The van der Waals surface area contributed by atoms with E-state index >= 15 is 0 Å². The van der Waals surface area contributed by atoms with Gasteiger partial charge in [-0.2, -0.15) is 5.26 Å². The summed E-state index contributed by atoms with van der Waals surface area (Å²) in [7, 11) is 0. The first-order valence-corrected chi connectivity index (χ1v) is 6.40. The van der Waals surface area contributed by atoms with Crippen molar-refractivity contribution in [1.82, 2.24) is 4.90 Å². The van der Waals surface area contributed by atoms with Crippen molar-refractivity contribution in [2.45, 2.75) is 39.0 Å². The number of likely N-dealkylation sites (tertiary alicyclic amines) is 1. The number of carbonyl (C=O) groups is 1. The Labute approximate surface area is 97.4 Å². The van der Waals surface area contributed by atoms with Crippen LogP contribution in [0, 0.1) is 29.1 Å². The zero-order valence-corrected chi connectivity index (χ0v) is 9.98. The van der Waals surface area contributed by atoms with Crippen LogP contribution in [0.3, 0.4) is 0 Å². The topological polar surface area (TPSA) is 44.1 Å². The molecule has 0 bridgehead atoms. The van der Waals surface area contributed by atoms with E-state index in [9.17, 15) is 4.79 Å². The van der Waals surface area contributed by atoms with Gasteiger partial charge in [0.1, 0.15) is 0 Å². The van der Waals surface area contributed by atoms with E-state index in [2.05, 4.69) is 13.0 Å². The molecule has 2 aliphatic rings. The lowest BCUT2D eigenvalue weighted by Gasteiger charge is -2.32. The lowest BCUT2D eigenvalue weighted by Crippen LogP contribution is -2.43. The van der Waals surface area contributed by atoms with Crippen molar-refractivity contribution in [2.24, 2.45) is 17.8 Å². The van der Waals surface area contributed by atoms with Crippen molar-refractivity contribution < 1.29 is 4.79 Å². The summed E-state index contributed by atoms with van der Waals surface area (Å²) >= 11 is 0. The Morgan fingerprint density at radius 2 is 2.12 bits per heavy atom. The van der Waals surface area contributed by atoms with E-state index in [1.54, 1.807) is 0 Å². The fourth-order valence-electron chi connectivity index (χ4n) is 3.03. The normalized spacial score (nSPS) is 34.8. The van der Waals surface area contributed by atoms with Gasteiger partial charge in [-0.25, -0.2) is 0 Å². The van der Waals surface area contributed by atoms with Gasteiger partial charge in [0.2, 0.25) is 5.91 Å². The summed E-state index contributed by atoms with van der Waals surface area (Å²) < 4.78 is 0. The second-order valence-electron chi connectivity index (χ2n) is 5.27. The predicted octanol–water partition coefficient (Wildman–Crippen LogP) is 2.18. The second-order valence-corrected chi connectivity index (χ2v) is 5.27. The molecular weight excluding hydrogens is 200 g/mol. The first kappa shape index (κ1) is 11.4. The largest absolute Gasteiger partial charge is 0.341 e. The van der Waals surface area contributed by atoms with Crippen molar-refractivity contribution in [3.05, 3.63) is 0 Å². The summed E-state index contributed by atoms with van der Waals surface area (Å²) in [5.41, 5.74) is 0. The summed E-state index contributed by atoms with van der Waals surface area (Å²) in [5, 5.41) is 8.92. The van der Waals surface area contributed by atoms with E-state index in [-0.39, 0.29) is 11.8 Å². The third-order valence-corrected chi connectivity index (χ3v) is 4.09. The van der Waals surface area contributed by atoms with Gasteiger partial charge in [0.05, 0.1) is 12.0 Å². The maximum atomic E-state index is 12.3. The fourth-order valence-corrected chi connectivity index (χ4v) is 3.03. The zero-order chi connectivity index (χ0) is 11.5. The minimum atomic E-state index is 0.0643. The van der Waals surface area contributed by atoms with E-state index in [0.29, 0.717) is 18.4 Å². The Balaban J connectivity index is 1.96. The molecule has 1 heterocycles. The summed E-state index contributed by atoms with van der Waals surface area (Å²) in [6, 6.07) is 2.30. The highest BCUT2D eigenvalue weighted by atomic mass is 16.2. The van der Waals surface area contributed by atoms with Crippen LogP contribution >= 0.6 is 0 Å². The van der Waals surface area contributed by atoms with Gasteiger partial charge >= 0.3 is 0 Å². The van der Waals surface area contributed by atoms with Crippen LogP contribution in [0.1, 0.15) is 39.0 Å². The number of rotatable bonds is 1. The van der Waals surface area contributed by atoms with Gasteiger partial charge in [0, 0.05) is 19.0 Å². The van der Waals surface area contributed by atoms with Gasteiger partial charge in [-0.15, -0.1) is 0 Å². The molecule has 0 aromatic rings. The molecule has 0 radical (unpaired) electrons. The van der Waals surface area contributed by atoms with Crippen LogP contribution in [0.2, 0.25) is 0 Å². The molecule has 0 N–H and O–H groups in total. The SMILES string of the molecule is CC1CCCC1C(=O)N1CCCC(C#N)C1. The average Bonchev–Trinajstić information content (AvgIpc) is 2.74. The van der Waals surface area contributed by atoms with Crippen molar-refractivity contribution in [3.8, 4) is 6.07 Å². The zero-order valence-electron chi connectivity index (χ0n) is 9.98. The van der Waals surface area contributed by atoms with Crippen LogP contribution in [-0.4, -0.2) is 23.9 Å². The number of amides is 1. The van der Waals surface area contributed by atoms with E-state index < -0.39 is 0 Å². The van der Waals surface area contributed by atoms with Gasteiger partial charge in [-0.1, -0.05) is 13.3 Å². The van der Waals surface area contributed by atoms with Crippen molar-refractivity contribution in [3.63, 3.8) is 0 Å². The number of nitriles is 1. The maximum Gasteiger partial charge on any atom is 0.225 e. The number of nitrogens with zero attached hydrogens (tertiary/aromatic N) is 2. The van der Waals surface area contributed by atoms with E-state index in [1.807, 2.05) is 4.90 Å². The summed E-state index contributed by atoms with van der Waals surface area (Å²) in [5.74, 6) is 1.15. The molecule has 3 nitrogen and oxygen atoms in total. The maximum absolute atomic E-state index is 12.3. The summed E-state index contributed by atoms with van der Waals surface area (Å²) in [6.07, 6.45) is 5.37. The van der Waals surface area contributed by atoms with Crippen LogP contribution < -0.4 is 0 Å². The third-order valence-electron chi connectivity index (χ3n) is 4.09. The Bertz CT molecular complexity index is 308. The highest BCUT2D eigenvalue weighted by Gasteiger charge is 2.34. The molecule has 1 aliphatic heterocycles. The molecule has 16 heavy (non-hydrogen) atoms. The molecule has 2 rings (SSSR count). The molecule has 0 aromatic carbocycles. The molecule has 1 aliphatic carbocycles. The second kappa shape index (κ2) is 4.86. The molecule has 1 amide bonds. The Kier molecular flexibility index (Phi) is 3.48. The standard InChI is InChI=1S/C13H20N2O/c1-10-4-2-6-12(10)13(16)15-7-3-5-11(8-14)9-15/h10-12H,2-7,9H2,1H3. The highest BCUT2D eigenvalue weighted by molar-refractivity contribution is 5.79. The minimum absolute atomic E-state index is 0.0643. The number of piperidine rings is 1. The van der Waals surface area contributed by atoms with Gasteiger partial charge in [-0.05, 0) is 31.6 Å². The first-order chi connectivity index (χ1) is 7.72. The highest BCUT2D eigenvalue weighted by Crippen LogP contribution is 2.33. The van der Waals surface area contributed by atoms with Crippen molar-refractivity contribution >= 4 is 5.91 Å². The molecule has 0 aromatic heterocycles. The van der Waals surface area contributed by atoms with Crippen molar-refractivity contribution in [2.75, 3.05) is 13.1 Å². The summed E-state index contributed by atoms with van der Waals surface area (Å²) in [4.78, 5) is 14.2. The van der Waals surface area contributed by atoms with Crippen LogP contribution in [0.25, 0.3) is 0 Å². The number of hydrogen-bond acceptors (Lipinski definition) is 2. The van der Waals surface area contributed by atoms with Crippen LogP contribution in [0.15, 0.2) is 0 Å². The molecule has 3 atom stereocenters. The molecule has 1 saturated carbocycles. The predicted molar refractivity (Wildman–Crippen MR) is 61.4 cm³/mol. The third kappa shape index (κ3) is 2.21. The van der Waals surface area contributed by atoms with Gasteiger partial charge < -0.3 is 4.90 Å². The molecule has 88 valence electrons. The first-order valence-electron chi connectivity index (χ1n) is 6.40. The Morgan fingerprint density at radius 1 is 1.31 bits per heavy atom. The van der Waals surface area contributed by atoms with Crippen LogP contribution in [-0.2, 0) is 4.79 Å². The average molecular weight is 220 g/mol. The van der Waals surface area contributed by atoms with Crippen LogP contribution in [0.4, 0.5) is 0 Å². The van der Waals surface area contributed by atoms with Crippen molar-refractivity contribution in [1.29, 1.82) is 5.26 Å². The van der Waals surface area contributed by atoms with Gasteiger partial charge in [0.15, 0.2) is 0 Å². The lowest BCUT2D eigenvalue weighted by atomic mass is 9.93. The molecule has 3 heteroatoms. The number of carbonyl (C=O) groups excluding carboxylic acids is 1. The lowest BCUT2D eigenvalue weighted by molar-refractivity contribution is -0.137. The van der Waals surface area contributed by atoms with Gasteiger partial charge in [0.25, 0.3) is 0 Å². The van der Waals surface area contributed by atoms with Crippen LogP contribution in [0.5, 0.6) is 0 Å². The quantitative estimate of drug-likeness (QED) is 0.680. The summed E-state index contributed by atoms with van der Waals surface area (Å²) in [6.45, 7) is 3.71. The molecule has 1 saturated heterocycles. The Morgan fingerprint density at radius 3 is 2.75 bits per heavy atom. The fraction of sp³-hybridized carbons (Fsp3) is 0.846. The molecule has 2 fully saturated rings. The van der Waals surface area contributed by atoms with E-state index in [1.165, 1.54) is 12.8 Å². The van der Waals surface area contributed by atoms with E-state index in [0.717, 1.165) is 25.8 Å². The molecule has 0 spiro atoms.